The number of rotatable bonds is 14. The molecule has 3 fully saturated rings. The number of carbonyl (C=O) groups is 3. The van der Waals surface area contributed by atoms with Gasteiger partial charge in [0.1, 0.15) is 6.04 Å². The second-order valence-electron chi connectivity index (χ2n) is 11.2. The summed E-state index contributed by atoms with van der Waals surface area (Å²) in [6.07, 6.45) is 6.10. The van der Waals surface area contributed by atoms with E-state index in [9.17, 15) is 19.5 Å². The number of aliphatic hydroxyl groups is 1. The predicted octanol–water partition coefficient (Wildman–Crippen LogP) is 4.17. The number of aliphatic hydroxyl groups excluding tert-OH is 1. The summed E-state index contributed by atoms with van der Waals surface area (Å²) < 4.78 is -1.32. The summed E-state index contributed by atoms with van der Waals surface area (Å²) >= 11 is 1.57. The quantitative estimate of drug-likeness (QED) is 0.262. The number of nitrogens with zero attached hydrogens (tertiary/aromatic N) is 3. The van der Waals surface area contributed by atoms with Crippen LogP contribution in [0.5, 0.6) is 0 Å². The van der Waals surface area contributed by atoms with Crippen LogP contribution in [0.3, 0.4) is 0 Å². The molecule has 2 N–H and O–H groups in total. The van der Waals surface area contributed by atoms with Gasteiger partial charge in [-0.2, -0.15) is 0 Å². The zero-order valence-electron chi connectivity index (χ0n) is 23.5. The normalized spacial score (nSPS) is 29.0. The van der Waals surface area contributed by atoms with Gasteiger partial charge in [-0.1, -0.05) is 18.9 Å². The molecule has 5 atom stereocenters. The van der Waals surface area contributed by atoms with Gasteiger partial charge in [0.15, 0.2) is 0 Å². The van der Waals surface area contributed by atoms with Gasteiger partial charge in [-0.25, -0.2) is 0 Å². The van der Waals surface area contributed by atoms with Gasteiger partial charge in [0.05, 0.1) is 16.6 Å². The molecule has 1 spiro atoms. The molecule has 2 bridgehead atoms. The van der Waals surface area contributed by atoms with Crippen molar-refractivity contribution in [2.75, 3.05) is 42.6 Å². The third-order valence-electron chi connectivity index (χ3n) is 8.95. The molecule has 0 saturated carbocycles. The molecule has 3 aliphatic rings. The molecule has 4 rings (SSSR count). The highest BCUT2D eigenvalue weighted by molar-refractivity contribution is 8.02. The fourth-order valence-corrected chi connectivity index (χ4v) is 9.44. The number of carboxylic acid groups (broad SMARTS) is 1. The van der Waals surface area contributed by atoms with Crippen LogP contribution in [0.1, 0.15) is 59.3 Å². The number of thioether (sulfide) groups is 1. The largest absolute Gasteiger partial charge is 0.481 e. The van der Waals surface area contributed by atoms with Crippen LogP contribution in [0, 0.1) is 11.8 Å². The van der Waals surface area contributed by atoms with Gasteiger partial charge in [-0.3, -0.25) is 14.4 Å². The summed E-state index contributed by atoms with van der Waals surface area (Å²) in [5.74, 6) is -2.83. The highest BCUT2D eigenvalue weighted by Gasteiger charge is 2.77. The number of carboxylic acids is 1. The van der Waals surface area contributed by atoms with Gasteiger partial charge < -0.3 is 24.9 Å². The van der Waals surface area contributed by atoms with Crippen LogP contribution in [0.2, 0.25) is 0 Å². The van der Waals surface area contributed by atoms with Gasteiger partial charge in [-0.15, -0.1) is 18.3 Å². The first kappa shape index (κ1) is 29.5. The van der Waals surface area contributed by atoms with Crippen molar-refractivity contribution in [1.29, 1.82) is 0 Å². The van der Waals surface area contributed by atoms with Crippen LogP contribution in [0.25, 0.3) is 0 Å². The minimum atomic E-state index is -0.948. The van der Waals surface area contributed by atoms with E-state index in [1.807, 2.05) is 31.2 Å². The van der Waals surface area contributed by atoms with E-state index < -0.39 is 33.3 Å². The van der Waals surface area contributed by atoms with Crippen molar-refractivity contribution < 1.29 is 24.6 Å². The number of anilines is 2. The van der Waals surface area contributed by atoms with Crippen molar-refractivity contribution in [2.45, 2.75) is 74.8 Å². The van der Waals surface area contributed by atoms with E-state index >= 15 is 0 Å². The van der Waals surface area contributed by atoms with E-state index in [1.165, 1.54) is 0 Å². The maximum absolute atomic E-state index is 14.5. The van der Waals surface area contributed by atoms with E-state index in [0.29, 0.717) is 38.8 Å². The standard InChI is InChI=1S/C30H43N3O5S/c1-5-18-32(22-14-12-21(13-15-22)31(6-2)7-3)27(36)25-30-17-16-29(4,39-30)24(28(37)38)23(30)26(35)33(25)19-10-8-9-11-20-34/h5,12-15,23-25,34H,1,6-11,16-20H2,2-4H3,(H,37,38)/t23-,24-,25?,29+,30?/m0/s1. The SMILES string of the molecule is C=CCN(C(=O)C1N(CCCCCCO)C(=O)[C@@H]2[C@@H](C(=O)O)[C@@]3(C)CCC12S3)c1ccc(N(CC)CC)cc1. The lowest BCUT2D eigenvalue weighted by Gasteiger charge is -2.37. The Morgan fingerprint density at radius 1 is 1.10 bits per heavy atom. The van der Waals surface area contributed by atoms with E-state index in [4.69, 9.17) is 5.11 Å². The summed E-state index contributed by atoms with van der Waals surface area (Å²) in [5.41, 5.74) is 1.82. The number of hydrogen-bond acceptors (Lipinski definition) is 6. The minimum absolute atomic E-state index is 0.133. The lowest BCUT2D eigenvalue weighted by atomic mass is 9.66. The van der Waals surface area contributed by atoms with Crippen LogP contribution in [-0.2, 0) is 14.4 Å². The Kier molecular flexibility index (Phi) is 9.01. The average molecular weight is 558 g/mol. The van der Waals surface area contributed by atoms with Crippen molar-refractivity contribution in [1.82, 2.24) is 4.90 Å². The Bertz CT molecular complexity index is 1080. The molecule has 214 valence electrons. The van der Waals surface area contributed by atoms with Crippen LogP contribution in [0.4, 0.5) is 11.4 Å². The van der Waals surface area contributed by atoms with Gasteiger partial charge >= 0.3 is 5.97 Å². The summed E-state index contributed by atoms with van der Waals surface area (Å²) in [6.45, 7) is 12.7. The number of carbonyl (C=O) groups excluding carboxylic acids is 2. The highest BCUT2D eigenvalue weighted by Crippen LogP contribution is 2.71. The zero-order valence-corrected chi connectivity index (χ0v) is 24.3. The fraction of sp³-hybridized carbons (Fsp3) is 0.633. The second kappa shape index (κ2) is 11.9. The van der Waals surface area contributed by atoms with E-state index in [0.717, 1.165) is 37.3 Å². The van der Waals surface area contributed by atoms with E-state index in [-0.39, 0.29) is 18.4 Å². The predicted molar refractivity (Wildman–Crippen MR) is 156 cm³/mol. The first-order valence-electron chi connectivity index (χ1n) is 14.3. The number of benzene rings is 1. The lowest BCUT2D eigenvalue weighted by molar-refractivity contribution is -0.150. The molecule has 3 aliphatic heterocycles. The molecule has 3 heterocycles. The van der Waals surface area contributed by atoms with Crippen LogP contribution in [-0.4, -0.2) is 81.2 Å². The molecule has 8 nitrogen and oxygen atoms in total. The van der Waals surface area contributed by atoms with Gasteiger partial charge in [0.2, 0.25) is 5.91 Å². The van der Waals surface area contributed by atoms with Crippen molar-refractivity contribution in [3.05, 3.63) is 36.9 Å². The highest BCUT2D eigenvalue weighted by atomic mass is 32.2. The van der Waals surface area contributed by atoms with Gasteiger partial charge in [0.25, 0.3) is 5.91 Å². The molecule has 3 saturated heterocycles. The Balaban J connectivity index is 1.70. The summed E-state index contributed by atoms with van der Waals surface area (Å²) in [7, 11) is 0. The number of likely N-dealkylation sites (tertiary alicyclic amines) is 1. The minimum Gasteiger partial charge on any atom is -0.481 e. The summed E-state index contributed by atoms with van der Waals surface area (Å²) in [6, 6.07) is 7.19. The number of aliphatic carboxylic acids is 1. The van der Waals surface area contributed by atoms with Crippen molar-refractivity contribution in [3.63, 3.8) is 0 Å². The van der Waals surface area contributed by atoms with Crippen LogP contribution >= 0.6 is 11.8 Å². The Morgan fingerprint density at radius 3 is 2.33 bits per heavy atom. The van der Waals surface area contributed by atoms with Gasteiger partial charge in [-0.05, 0) is 70.7 Å². The zero-order chi connectivity index (χ0) is 28.4. The summed E-state index contributed by atoms with van der Waals surface area (Å²) in [5, 5.41) is 19.3. The van der Waals surface area contributed by atoms with Crippen molar-refractivity contribution in [2.24, 2.45) is 11.8 Å². The lowest BCUT2D eigenvalue weighted by Crippen LogP contribution is -2.55. The monoisotopic (exact) mass is 557 g/mol. The smallest absolute Gasteiger partial charge is 0.308 e. The van der Waals surface area contributed by atoms with E-state index in [1.54, 1.807) is 27.6 Å². The Labute approximate surface area is 236 Å². The maximum Gasteiger partial charge on any atom is 0.308 e. The van der Waals surface area contributed by atoms with Crippen molar-refractivity contribution >= 4 is 40.9 Å². The number of hydrogen-bond donors (Lipinski definition) is 2. The molecule has 1 aromatic rings. The van der Waals surface area contributed by atoms with Crippen LogP contribution < -0.4 is 9.80 Å². The van der Waals surface area contributed by atoms with Crippen LogP contribution in [0.15, 0.2) is 36.9 Å². The number of amides is 2. The molecule has 0 aromatic heterocycles. The molecule has 0 aliphatic carbocycles. The molecule has 0 radical (unpaired) electrons. The third-order valence-corrected chi connectivity index (χ3v) is 10.9. The second-order valence-corrected chi connectivity index (χ2v) is 13.1. The molecular formula is C30H43N3O5S. The maximum atomic E-state index is 14.5. The molecule has 39 heavy (non-hydrogen) atoms. The number of unbranched alkanes of at least 4 members (excludes halogenated alkanes) is 3. The van der Waals surface area contributed by atoms with Crippen molar-refractivity contribution in [3.8, 4) is 0 Å². The average Bonchev–Trinajstić information content (AvgIpc) is 3.48. The molecular weight excluding hydrogens is 514 g/mol. The molecule has 2 amide bonds. The van der Waals surface area contributed by atoms with E-state index in [2.05, 4.69) is 25.3 Å². The Hall–Kier alpha value is -2.52. The fourth-order valence-electron chi connectivity index (χ4n) is 7.10. The topological polar surface area (TPSA) is 101 Å². The Morgan fingerprint density at radius 2 is 1.74 bits per heavy atom. The number of fused-ring (bicyclic) bond motifs is 1. The summed E-state index contributed by atoms with van der Waals surface area (Å²) in [4.78, 5) is 46.6. The molecule has 2 unspecified atom stereocenters. The first-order valence-corrected chi connectivity index (χ1v) is 15.1. The molecule has 9 heteroatoms. The third kappa shape index (κ3) is 5.08. The van der Waals surface area contributed by atoms with Gasteiger partial charge in [0, 0.05) is 48.9 Å². The molecule has 1 aromatic carbocycles. The first-order chi connectivity index (χ1) is 18.7.